The molecular weight excluding hydrogens is 837 g/mol. The van der Waals surface area contributed by atoms with Gasteiger partial charge < -0.3 is 14.6 Å². The first-order valence-electron chi connectivity index (χ1n) is 25.7. The van der Waals surface area contributed by atoms with E-state index in [0.717, 1.165) is 127 Å². The van der Waals surface area contributed by atoms with Crippen molar-refractivity contribution in [3.8, 4) is 11.5 Å². The van der Waals surface area contributed by atoms with E-state index in [0.29, 0.717) is 28.9 Å². The van der Waals surface area contributed by atoms with Crippen LogP contribution in [0, 0.1) is 27.7 Å². The van der Waals surface area contributed by atoms with E-state index in [-0.39, 0.29) is 5.75 Å². The number of methoxy groups -OCH3 is 1. The minimum absolute atomic E-state index is 0.217. The van der Waals surface area contributed by atoms with Gasteiger partial charge in [0.2, 0.25) is 0 Å². The highest BCUT2D eigenvalue weighted by Crippen LogP contribution is 2.38. The zero-order valence-corrected chi connectivity index (χ0v) is 45.6. The molecule has 0 unspecified atom stereocenters. The lowest BCUT2D eigenvalue weighted by molar-refractivity contribution is -0.148. The first-order chi connectivity index (χ1) is 32.2. The topological polar surface area (TPSA) is 72.8 Å². The molecule has 0 heterocycles. The van der Waals surface area contributed by atoms with Gasteiger partial charge in [0.05, 0.1) is 7.11 Å². The minimum atomic E-state index is -0.680. The number of hydrogen-bond acceptors (Lipinski definition) is 5. The van der Waals surface area contributed by atoms with Gasteiger partial charge in [0.25, 0.3) is 0 Å². The molecule has 5 heteroatoms. The summed E-state index contributed by atoms with van der Waals surface area (Å²) in [4.78, 5) is 23.9. The normalized spacial score (nSPS) is 14.3. The Bertz CT molecular complexity index is 2060. The van der Waals surface area contributed by atoms with Crippen LogP contribution in [0.4, 0.5) is 0 Å². The molecule has 2 radical (unpaired) electrons. The Labute approximate surface area is 417 Å². The van der Waals surface area contributed by atoms with E-state index >= 15 is 0 Å². The molecule has 0 atom stereocenters. The molecule has 0 aromatic heterocycles. The van der Waals surface area contributed by atoms with Crippen molar-refractivity contribution in [2.45, 2.75) is 218 Å². The third-order valence-corrected chi connectivity index (χ3v) is 13.0. The van der Waals surface area contributed by atoms with Gasteiger partial charge >= 0.3 is 11.9 Å². The summed E-state index contributed by atoms with van der Waals surface area (Å²) in [6, 6.07) is 0. The van der Waals surface area contributed by atoms with E-state index in [9.17, 15) is 14.7 Å². The van der Waals surface area contributed by atoms with Crippen molar-refractivity contribution in [3.05, 3.63) is 146 Å². The number of carbonyl (C=O) groups is 2. The average molecular weight is 931 g/mol. The Kier molecular flexibility index (Phi) is 32.0. The molecule has 1 aromatic carbocycles. The Morgan fingerprint density at radius 3 is 0.985 bits per heavy atom. The quantitative estimate of drug-likeness (QED) is 0.0337. The van der Waals surface area contributed by atoms with E-state index in [2.05, 4.69) is 128 Å². The second-order valence-electron chi connectivity index (χ2n) is 19.7. The standard InChI is InChI=1S/C63H94O5/c1-46(2)25-16-26-47(3)27-17-28-48(4)29-18-30-49(5)31-19-32-50(6)33-20-34-51(7)35-21-36-52(8)37-22-38-53(9)39-23-40-54(10)41-24-42-55(11)43-44-59-58(14)63(57(13)56(12)62(59)66)68-61(65)45-60(64)67-15/h1,25,27,29,31,33,35,37,39,41,43,66H,16-24,26,28,30,32,34,36,38,40,42,44-45H2,2-15H3/b46-25-,47-27+,48-29+,49-31+,50-33+,51-35+,52-37+,53-39+,54-41+,55-43+. The zero-order valence-electron chi connectivity index (χ0n) is 45.6. The molecule has 1 rings (SSSR count). The van der Waals surface area contributed by atoms with Crippen LogP contribution in [0.15, 0.2) is 116 Å². The molecule has 1 N–H and O–H groups in total. The predicted molar refractivity (Wildman–Crippen MR) is 293 cm³/mol. The molecule has 0 spiro atoms. The maximum Gasteiger partial charge on any atom is 0.322 e. The van der Waals surface area contributed by atoms with E-state index < -0.39 is 18.4 Å². The van der Waals surface area contributed by atoms with Crippen molar-refractivity contribution in [3.63, 3.8) is 0 Å². The molecule has 0 aliphatic rings. The van der Waals surface area contributed by atoms with Gasteiger partial charge in [-0.05, 0) is 236 Å². The van der Waals surface area contributed by atoms with Crippen molar-refractivity contribution in [1.29, 1.82) is 0 Å². The lowest BCUT2D eigenvalue weighted by Crippen LogP contribution is -2.16. The molecule has 0 fully saturated rings. The van der Waals surface area contributed by atoms with Gasteiger partial charge in [-0.2, -0.15) is 0 Å². The van der Waals surface area contributed by atoms with Crippen LogP contribution in [0.25, 0.3) is 0 Å². The number of esters is 2. The van der Waals surface area contributed by atoms with Crippen molar-refractivity contribution in [1.82, 2.24) is 0 Å². The number of phenolic OH excluding ortho intramolecular Hbond substituents is 1. The molecular formula is C63H94O5. The number of carbonyl (C=O) groups excluding carboxylic acids is 2. The van der Waals surface area contributed by atoms with Crippen LogP contribution in [-0.4, -0.2) is 24.2 Å². The first-order valence-corrected chi connectivity index (χ1v) is 25.7. The zero-order chi connectivity index (χ0) is 51.0. The predicted octanol–water partition coefficient (Wildman–Crippen LogP) is 18.5. The van der Waals surface area contributed by atoms with Crippen LogP contribution in [0.3, 0.4) is 0 Å². The summed E-state index contributed by atoms with van der Waals surface area (Å²) in [5, 5.41) is 10.9. The number of benzene rings is 1. The Morgan fingerprint density at radius 1 is 0.426 bits per heavy atom. The Morgan fingerprint density at radius 2 is 0.706 bits per heavy atom. The van der Waals surface area contributed by atoms with Gasteiger partial charge in [-0.25, -0.2) is 0 Å². The summed E-state index contributed by atoms with van der Waals surface area (Å²) in [6.07, 6.45) is 43.3. The summed E-state index contributed by atoms with van der Waals surface area (Å²) in [6.45, 7) is 33.4. The average Bonchev–Trinajstić information content (AvgIpc) is 3.26. The lowest BCUT2D eigenvalue weighted by Gasteiger charge is -2.18. The number of ether oxygens (including phenoxy) is 2. The Hall–Kier alpha value is -4.64. The third kappa shape index (κ3) is 28.6. The molecule has 0 aliphatic heterocycles. The van der Waals surface area contributed by atoms with E-state index in [1.54, 1.807) is 6.92 Å². The van der Waals surface area contributed by atoms with Crippen LogP contribution in [0.2, 0.25) is 0 Å². The van der Waals surface area contributed by atoms with Crippen molar-refractivity contribution >= 4 is 11.9 Å². The molecule has 0 saturated heterocycles. The van der Waals surface area contributed by atoms with Crippen molar-refractivity contribution in [2.75, 3.05) is 7.11 Å². The Balaban J connectivity index is 2.38. The van der Waals surface area contributed by atoms with Gasteiger partial charge in [-0.1, -0.05) is 116 Å². The minimum Gasteiger partial charge on any atom is -0.507 e. The lowest BCUT2D eigenvalue weighted by atomic mass is 9.94. The van der Waals surface area contributed by atoms with Crippen LogP contribution in [0.1, 0.15) is 213 Å². The summed E-state index contributed by atoms with van der Waals surface area (Å²) in [5.74, 6) is -0.717. The molecule has 376 valence electrons. The second-order valence-corrected chi connectivity index (χ2v) is 19.7. The summed E-state index contributed by atoms with van der Waals surface area (Å²) >= 11 is 0. The summed E-state index contributed by atoms with van der Waals surface area (Å²) in [5.41, 5.74) is 16.7. The SMILES string of the molecule is [CH]/C(C)=C/CC/C(C)=C/CC/C(C)=C/CC/C(C)=C/CC/C(C)=C/CC/C(C)=C/CC/C(C)=C/CC/C(C)=C/CC/C(C)=C/CC/C(C)=C/Cc1c(C)c(OC(=O)CC(=O)OC)c(C)c(C)c1O. The highest BCUT2D eigenvalue weighted by atomic mass is 16.5. The molecule has 68 heavy (non-hydrogen) atoms. The maximum absolute atomic E-state index is 12.3. The first kappa shape index (κ1) is 61.4. The van der Waals surface area contributed by atoms with E-state index in [4.69, 9.17) is 11.7 Å². The van der Waals surface area contributed by atoms with Crippen molar-refractivity contribution < 1.29 is 24.2 Å². The largest absolute Gasteiger partial charge is 0.507 e. The van der Waals surface area contributed by atoms with Crippen LogP contribution in [-0.2, 0) is 20.7 Å². The highest BCUT2D eigenvalue weighted by molar-refractivity contribution is 5.92. The second kappa shape index (κ2) is 35.5. The third-order valence-electron chi connectivity index (χ3n) is 13.0. The smallest absolute Gasteiger partial charge is 0.322 e. The molecule has 0 bridgehead atoms. The maximum atomic E-state index is 12.3. The molecule has 0 saturated carbocycles. The monoisotopic (exact) mass is 931 g/mol. The fraction of sp³-hybridized carbons (Fsp3) is 0.540. The summed E-state index contributed by atoms with van der Waals surface area (Å²) < 4.78 is 10.2. The van der Waals surface area contributed by atoms with Gasteiger partial charge in [0.1, 0.15) is 17.9 Å². The van der Waals surface area contributed by atoms with Gasteiger partial charge in [0, 0.05) is 5.56 Å². The highest BCUT2D eigenvalue weighted by Gasteiger charge is 2.21. The molecule has 0 amide bonds. The van der Waals surface area contributed by atoms with Gasteiger partial charge in [-0.3, -0.25) is 9.59 Å². The number of aromatic hydroxyl groups is 1. The fourth-order valence-electron chi connectivity index (χ4n) is 8.01. The number of rotatable bonds is 32. The van der Waals surface area contributed by atoms with E-state index in [1.165, 1.54) is 57.3 Å². The van der Waals surface area contributed by atoms with Crippen LogP contribution >= 0.6 is 0 Å². The van der Waals surface area contributed by atoms with Gasteiger partial charge in [-0.15, -0.1) is 0 Å². The fourth-order valence-corrected chi connectivity index (χ4v) is 8.01. The molecule has 5 nitrogen and oxygen atoms in total. The number of phenols is 1. The van der Waals surface area contributed by atoms with E-state index in [1.807, 2.05) is 20.8 Å². The number of allylic oxidation sites excluding steroid dienone is 20. The van der Waals surface area contributed by atoms with Gasteiger partial charge in [0.15, 0.2) is 0 Å². The van der Waals surface area contributed by atoms with Crippen LogP contribution in [0.5, 0.6) is 11.5 Å². The van der Waals surface area contributed by atoms with Crippen molar-refractivity contribution in [2.24, 2.45) is 0 Å². The molecule has 0 aliphatic carbocycles. The summed E-state index contributed by atoms with van der Waals surface area (Å²) in [7, 11) is 1.24. The molecule has 1 aromatic rings. The van der Waals surface area contributed by atoms with Crippen LogP contribution < -0.4 is 4.74 Å². The number of hydrogen-bond donors (Lipinski definition) is 1.